The van der Waals surface area contributed by atoms with Gasteiger partial charge in [0.25, 0.3) is 5.56 Å². The van der Waals surface area contributed by atoms with Gasteiger partial charge in [-0.05, 0) is 30.2 Å². The Hall–Kier alpha value is -3.14. The van der Waals surface area contributed by atoms with Crippen LogP contribution in [0.25, 0.3) is 21.3 Å². The topological polar surface area (TPSA) is 58.7 Å². The molecule has 4 aromatic rings. The highest BCUT2D eigenvalue weighted by Gasteiger charge is 2.17. The Bertz CT molecular complexity index is 1330. The Labute approximate surface area is 183 Å². The van der Waals surface area contributed by atoms with Gasteiger partial charge in [-0.25, -0.2) is 4.98 Å². The summed E-state index contributed by atoms with van der Waals surface area (Å²) in [6, 6.07) is 17.8. The van der Waals surface area contributed by atoms with Crippen LogP contribution in [0.5, 0.6) is 0 Å². The Morgan fingerprint density at radius 1 is 1.27 bits per heavy atom. The molecule has 0 N–H and O–H groups in total. The van der Waals surface area contributed by atoms with E-state index in [0.29, 0.717) is 28.4 Å². The van der Waals surface area contributed by atoms with Crippen LogP contribution in [-0.4, -0.2) is 9.55 Å². The predicted octanol–water partition coefficient (Wildman–Crippen LogP) is 5.78. The third kappa shape index (κ3) is 3.95. The van der Waals surface area contributed by atoms with Gasteiger partial charge < -0.3 is 0 Å². The highest BCUT2D eigenvalue weighted by Crippen LogP contribution is 2.33. The molecule has 0 atom stereocenters. The predicted molar refractivity (Wildman–Crippen MR) is 125 cm³/mol. The zero-order valence-corrected chi connectivity index (χ0v) is 18.1. The highest BCUT2D eigenvalue weighted by molar-refractivity contribution is 7.98. The van der Waals surface area contributed by atoms with Crippen molar-refractivity contribution in [1.29, 1.82) is 5.26 Å². The molecule has 2 heterocycles. The van der Waals surface area contributed by atoms with Gasteiger partial charge >= 0.3 is 0 Å². The van der Waals surface area contributed by atoms with Crippen molar-refractivity contribution >= 4 is 33.3 Å². The SMILES string of the molecule is C=CCn1c(SCc2cccc(C#N)c2)nc2scc(-c3ccc(C)cc3)c2c1=O. The largest absolute Gasteiger partial charge is 0.283 e. The summed E-state index contributed by atoms with van der Waals surface area (Å²) in [7, 11) is 0. The second kappa shape index (κ2) is 8.70. The lowest BCUT2D eigenvalue weighted by Crippen LogP contribution is -2.22. The van der Waals surface area contributed by atoms with Crippen molar-refractivity contribution in [2.24, 2.45) is 0 Å². The molecule has 0 aliphatic heterocycles. The summed E-state index contributed by atoms with van der Waals surface area (Å²) in [5.74, 6) is 0.626. The number of thiophene rings is 1. The van der Waals surface area contributed by atoms with Crippen LogP contribution >= 0.6 is 23.1 Å². The van der Waals surface area contributed by atoms with Crippen LogP contribution in [0, 0.1) is 18.3 Å². The van der Waals surface area contributed by atoms with E-state index in [4.69, 9.17) is 10.2 Å². The van der Waals surface area contributed by atoms with Gasteiger partial charge in [0, 0.05) is 23.2 Å². The summed E-state index contributed by atoms with van der Waals surface area (Å²) >= 11 is 2.99. The summed E-state index contributed by atoms with van der Waals surface area (Å²) in [5.41, 5.74) is 4.71. The van der Waals surface area contributed by atoms with E-state index in [-0.39, 0.29) is 5.56 Å². The van der Waals surface area contributed by atoms with Crippen molar-refractivity contribution in [1.82, 2.24) is 9.55 Å². The number of aromatic nitrogens is 2. The van der Waals surface area contributed by atoms with E-state index in [2.05, 4.69) is 12.6 Å². The van der Waals surface area contributed by atoms with Crippen molar-refractivity contribution < 1.29 is 0 Å². The molecule has 0 spiro atoms. The first-order valence-corrected chi connectivity index (χ1v) is 11.3. The summed E-state index contributed by atoms with van der Waals surface area (Å²) in [6.07, 6.45) is 1.72. The summed E-state index contributed by atoms with van der Waals surface area (Å²) in [6.45, 7) is 6.25. The molecule has 4 rings (SSSR count). The number of nitriles is 1. The molecule has 2 aromatic heterocycles. The highest BCUT2D eigenvalue weighted by atomic mass is 32.2. The monoisotopic (exact) mass is 429 g/mol. The van der Waals surface area contributed by atoms with Crippen molar-refractivity contribution in [3.8, 4) is 17.2 Å². The first-order chi connectivity index (χ1) is 14.6. The van der Waals surface area contributed by atoms with Gasteiger partial charge in [-0.2, -0.15) is 5.26 Å². The Kier molecular flexibility index (Phi) is 5.84. The van der Waals surface area contributed by atoms with Crippen molar-refractivity contribution in [3.63, 3.8) is 0 Å². The number of rotatable bonds is 6. The minimum Gasteiger partial charge on any atom is -0.283 e. The van der Waals surface area contributed by atoms with Crippen LogP contribution in [-0.2, 0) is 12.3 Å². The van der Waals surface area contributed by atoms with E-state index >= 15 is 0 Å². The lowest BCUT2D eigenvalue weighted by atomic mass is 10.1. The van der Waals surface area contributed by atoms with Gasteiger partial charge in [0.15, 0.2) is 5.16 Å². The first-order valence-electron chi connectivity index (χ1n) is 9.42. The van der Waals surface area contributed by atoms with Gasteiger partial charge in [0.2, 0.25) is 0 Å². The Morgan fingerprint density at radius 2 is 2.07 bits per heavy atom. The van der Waals surface area contributed by atoms with E-state index in [1.807, 2.05) is 54.8 Å². The number of benzene rings is 2. The first kappa shape index (κ1) is 20.1. The number of allylic oxidation sites excluding steroid dienone is 1. The number of nitrogens with zero attached hydrogens (tertiary/aromatic N) is 3. The average molecular weight is 430 g/mol. The Morgan fingerprint density at radius 3 is 2.80 bits per heavy atom. The van der Waals surface area contributed by atoms with Gasteiger partial charge in [-0.1, -0.05) is 59.8 Å². The molecule has 4 nitrogen and oxygen atoms in total. The van der Waals surface area contributed by atoms with Gasteiger partial charge in [-0.15, -0.1) is 17.9 Å². The zero-order chi connectivity index (χ0) is 21.1. The molecule has 30 heavy (non-hydrogen) atoms. The minimum atomic E-state index is -0.0509. The van der Waals surface area contributed by atoms with E-state index in [0.717, 1.165) is 21.5 Å². The molecule has 148 valence electrons. The summed E-state index contributed by atoms with van der Waals surface area (Å²) in [4.78, 5) is 18.9. The number of fused-ring (bicyclic) bond motifs is 1. The molecule has 0 aliphatic rings. The van der Waals surface area contributed by atoms with Crippen molar-refractivity contribution in [3.05, 3.63) is 93.6 Å². The normalized spacial score (nSPS) is 10.8. The molecular weight excluding hydrogens is 410 g/mol. The third-order valence-electron chi connectivity index (χ3n) is 4.76. The maximum Gasteiger partial charge on any atom is 0.263 e. The molecule has 0 radical (unpaired) electrons. The van der Waals surface area contributed by atoms with Crippen LogP contribution < -0.4 is 5.56 Å². The second-order valence-corrected chi connectivity index (χ2v) is 8.70. The maximum absolute atomic E-state index is 13.4. The van der Waals surface area contributed by atoms with Gasteiger partial charge in [0.1, 0.15) is 4.83 Å². The van der Waals surface area contributed by atoms with Crippen LogP contribution in [0.3, 0.4) is 0 Å². The molecule has 0 aliphatic carbocycles. The third-order valence-corrected chi connectivity index (χ3v) is 6.68. The van der Waals surface area contributed by atoms with Gasteiger partial charge in [-0.3, -0.25) is 9.36 Å². The zero-order valence-electron chi connectivity index (χ0n) is 16.5. The fourth-order valence-corrected chi connectivity index (χ4v) is 5.17. The fraction of sp³-hybridized carbons (Fsp3) is 0.125. The quantitative estimate of drug-likeness (QED) is 0.221. The minimum absolute atomic E-state index is 0.0509. The molecule has 0 bridgehead atoms. The van der Waals surface area contributed by atoms with E-state index in [9.17, 15) is 4.79 Å². The molecule has 0 fully saturated rings. The molecule has 2 aromatic carbocycles. The number of hydrogen-bond acceptors (Lipinski definition) is 5. The van der Waals surface area contributed by atoms with Crippen LogP contribution in [0.2, 0.25) is 0 Å². The van der Waals surface area contributed by atoms with Crippen molar-refractivity contribution in [2.45, 2.75) is 24.4 Å². The molecule has 6 heteroatoms. The molecule has 0 amide bonds. The second-order valence-electron chi connectivity index (χ2n) is 6.90. The number of hydrogen-bond donors (Lipinski definition) is 0. The summed E-state index contributed by atoms with van der Waals surface area (Å²) in [5, 5.41) is 12.4. The smallest absolute Gasteiger partial charge is 0.263 e. The Balaban J connectivity index is 1.76. The molecule has 0 saturated heterocycles. The van der Waals surface area contributed by atoms with Crippen LogP contribution in [0.4, 0.5) is 0 Å². The standard InChI is InChI=1S/C24H19N3OS2/c1-3-11-27-23(28)21-20(19-9-7-16(2)8-10-19)15-29-22(21)26-24(27)30-14-18-6-4-5-17(12-18)13-25/h3-10,12,15H,1,11,14H2,2H3. The lowest BCUT2D eigenvalue weighted by Gasteiger charge is -2.11. The fourth-order valence-electron chi connectivity index (χ4n) is 3.23. The summed E-state index contributed by atoms with van der Waals surface area (Å²) < 4.78 is 1.68. The van der Waals surface area contributed by atoms with Crippen molar-refractivity contribution in [2.75, 3.05) is 0 Å². The molecular formula is C24H19N3OS2. The van der Waals surface area contributed by atoms with Crippen LogP contribution in [0.1, 0.15) is 16.7 Å². The van der Waals surface area contributed by atoms with E-state index < -0.39 is 0 Å². The van der Waals surface area contributed by atoms with E-state index in [1.165, 1.54) is 28.7 Å². The van der Waals surface area contributed by atoms with Gasteiger partial charge in [0.05, 0.1) is 17.0 Å². The number of thioether (sulfide) groups is 1. The maximum atomic E-state index is 13.4. The van der Waals surface area contributed by atoms with E-state index in [1.54, 1.807) is 16.7 Å². The number of aryl methyl sites for hydroxylation is 1. The average Bonchev–Trinajstić information content (AvgIpc) is 3.19. The lowest BCUT2D eigenvalue weighted by molar-refractivity contribution is 0.673. The molecule has 0 unspecified atom stereocenters. The molecule has 0 saturated carbocycles. The van der Waals surface area contributed by atoms with Crippen LogP contribution in [0.15, 0.2) is 76.5 Å².